The second-order valence-electron chi connectivity index (χ2n) is 6.63. The molecule has 0 unspecified atom stereocenters. The van der Waals surface area contributed by atoms with Crippen molar-refractivity contribution in [1.29, 1.82) is 0 Å². The number of rotatable bonds is 7. The van der Waals surface area contributed by atoms with E-state index in [1.54, 1.807) is 22.7 Å². The van der Waals surface area contributed by atoms with E-state index in [0.717, 1.165) is 34.3 Å². The predicted molar refractivity (Wildman–Crippen MR) is 105 cm³/mol. The molecule has 0 aliphatic carbocycles. The van der Waals surface area contributed by atoms with Crippen molar-refractivity contribution in [2.45, 2.75) is 33.5 Å². The molecule has 0 fully saturated rings. The maximum atomic E-state index is 5.93. The van der Waals surface area contributed by atoms with Crippen LogP contribution in [-0.4, -0.2) is 47.1 Å². The van der Waals surface area contributed by atoms with E-state index >= 15 is 0 Å². The van der Waals surface area contributed by atoms with Gasteiger partial charge in [0.15, 0.2) is 23.9 Å². The lowest BCUT2D eigenvalue weighted by molar-refractivity contribution is 0.185. The third-order valence-corrected chi connectivity index (χ3v) is 4.65. The molecule has 4 rings (SSSR count). The van der Waals surface area contributed by atoms with Crippen LogP contribution in [-0.2, 0) is 31.4 Å². The van der Waals surface area contributed by atoms with Gasteiger partial charge in [0, 0.05) is 31.8 Å². The van der Waals surface area contributed by atoms with Crippen molar-refractivity contribution < 1.29 is 9.47 Å². The Labute approximate surface area is 167 Å². The zero-order valence-corrected chi connectivity index (χ0v) is 16.8. The Morgan fingerprint density at radius 2 is 2.03 bits per heavy atom. The minimum Gasteiger partial charge on any atom is -0.469 e. The molecule has 29 heavy (non-hydrogen) atoms. The summed E-state index contributed by atoms with van der Waals surface area (Å²) in [4.78, 5) is 8.96. The summed E-state index contributed by atoms with van der Waals surface area (Å²) < 4.78 is 14.6. The van der Waals surface area contributed by atoms with E-state index in [4.69, 9.17) is 9.47 Å². The molecule has 4 aromatic heterocycles. The molecule has 0 radical (unpaired) electrons. The number of tetrazole rings is 1. The molecule has 0 atom stereocenters. The van der Waals surface area contributed by atoms with Gasteiger partial charge in [-0.3, -0.25) is 4.68 Å². The third-order valence-electron chi connectivity index (χ3n) is 4.65. The fourth-order valence-corrected chi connectivity index (χ4v) is 3.26. The largest absolute Gasteiger partial charge is 0.469 e. The summed E-state index contributed by atoms with van der Waals surface area (Å²) in [6.45, 7) is 4.62. The minimum atomic E-state index is 0.146. The summed E-state index contributed by atoms with van der Waals surface area (Å²) in [5.74, 6) is 1.64. The normalized spacial score (nSPS) is 11.3. The molecule has 4 aromatic rings. The van der Waals surface area contributed by atoms with Crippen LogP contribution in [0.25, 0.3) is 16.9 Å². The van der Waals surface area contributed by atoms with Crippen LogP contribution >= 0.6 is 0 Å². The van der Waals surface area contributed by atoms with E-state index in [1.807, 2.05) is 32.2 Å². The fourth-order valence-electron chi connectivity index (χ4n) is 3.26. The quantitative estimate of drug-likeness (QED) is 0.468. The van der Waals surface area contributed by atoms with Crippen molar-refractivity contribution in [3.05, 3.63) is 47.0 Å². The highest BCUT2D eigenvalue weighted by atomic mass is 16.5. The van der Waals surface area contributed by atoms with E-state index in [0.29, 0.717) is 24.1 Å². The van der Waals surface area contributed by atoms with Crippen molar-refractivity contribution in [2.24, 2.45) is 7.05 Å². The second kappa shape index (κ2) is 7.92. The number of ether oxygens (including phenoxy) is 2. The van der Waals surface area contributed by atoms with Crippen molar-refractivity contribution in [3.63, 3.8) is 0 Å². The number of hydrogen-bond donors (Lipinski definition) is 0. The highest BCUT2D eigenvalue weighted by Crippen LogP contribution is 2.25. The first-order valence-corrected chi connectivity index (χ1v) is 9.28. The monoisotopic (exact) mass is 394 g/mol. The van der Waals surface area contributed by atoms with E-state index in [2.05, 4.69) is 37.5 Å². The van der Waals surface area contributed by atoms with Gasteiger partial charge in [-0.1, -0.05) is 6.92 Å². The third kappa shape index (κ3) is 3.66. The Balaban J connectivity index is 1.62. The summed E-state index contributed by atoms with van der Waals surface area (Å²) in [6.07, 6.45) is 2.65. The van der Waals surface area contributed by atoms with Crippen LogP contribution in [0, 0.1) is 6.92 Å². The first kappa shape index (κ1) is 18.9. The minimum absolute atomic E-state index is 0.146. The molecule has 150 valence electrons. The van der Waals surface area contributed by atoms with Gasteiger partial charge >= 0.3 is 0 Å². The Morgan fingerprint density at radius 1 is 1.17 bits per heavy atom. The highest BCUT2D eigenvalue weighted by molar-refractivity contribution is 5.82. The van der Waals surface area contributed by atoms with Gasteiger partial charge in [-0.15, -0.1) is 5.10 Å². The lowest BCUT2D eigenvalue weighted by Gasteiger charge is -2.09. The molecule has 10 heteroatoms. The number of pyridine rings is 2. The van der Waals surface area contributed by atoms with Gasteiger partial charge < -0.3 is 9.47 Å². The van der Waals surface area contributed by atoms with Gasteiger partial charge in [0.25, 0.3) is 0 Å². The second-order valence-corrected chi connectivity index (χ2v) is 6.63. The van der Waals surface area contributed by atoms with Crippen molar-refractivity contribution in [2.75, 3.05) is 7.11 Å². The van der Waals surface area contributed by atoms with E-state index in [9.17, 15) is 0 Å². The molecular formula is C19H22N8O2. The van der Waals surface area contributed by atoms with Crippen LogP contribution in [0.15, 0.2) is 24.4 Å². The first-order valence-electron chi connectivity index (χ1n) is 9.28. The lowest BCUT2D eigenvalue weighted by atomic mass is 10.1. The van der Waals surface area contributed by atoms with Crippen molar-refractivity contribution in [1.82, 2.24) is 40.0 Å². The Hall–Kier alpha value is -3.40. The molecule has 0 saturated heterocycles. The van der Waals surface area contributed by atoms with Crippen LogP contribution in [0.1, 0.15) is 29.6 Å². The maximum Gasteiger partial charge on any atom is 0.216 e. The van der Waals surface area contributed by atoms with E-state index < -0.39 is 0 Å². The number of hydrogen-bond acceptors (Lipinski definition) is 8. The van der Waals surface area contributed by atoms with Gasteiger partial charge in [-0.25, -0.2) is 4.98 Å². The van der Waals surface area contributed by atoms with Crippen molar-refractivity contribution >= 4 is 11.0 Å². The molecule has 0 amide bonds. The number of methoxy groups -OCH3 is 1. The van der Waals surface area contributed by atoms with Gasteiger partial charge in [0.1, 0.15) is 0 Å². The van der Waals surface area contributed by atoms with Gasteiger partial charge in [-0.2, -0.15) is 14.8 Å². The number of nitrogens with zero attached hydrogens (tertiary/aromatic N) is 8. The molecule has 0 bridgehead atoms. The van der Waals surface area contributed by atoms with E-state index in [-0.39, 0.29) is 6.61 Å². The zero-order chi connectivity index (χ0) is 20.4. The molecule has 0 N–H and O–H groups in total. The molecular weight excluding hydrogens is 372 g/mol. The maximum absolute atomic E-state index is 5.93. The number of aromatic nitrogens is 8. The Bertz CT molecular complexity index is 1150. The van der Waals surface area contributed by atoms with E-state index in [1.165, 1.54) is 0 Å². The summed E-state index contributed by atoms with van der Waals surface area (Å²) in [5, 5.41) is 17.3. The molecule has 0 aliphatic rings. The average molecular weight is 394 g/mol. The molecule has 0 spiro atoms. The molecule has 0 aliphatic heterocycles. The Kier molecular flexibility index (Phi) is 5.17. The van der Waals surface area contributed by atoms with Gasteiger partial charge in [0.05, 0.1) is 12.3 Å². The van der Waals surface area contributed by atoms with Crippen LogP contribution < -0.4 is 4.74 Å². The summed E-state index contributed by atoms with van der Waals surface area (Å²) in [6, 6.07) is 5.79. The molecule has 4 heterocycles. The van der Waals surface area contributed by atoms with Gasteiger partial charge in [0.2, 0.25) is 5.88 Å². The van der Waals surface area contributed by atoms with Crippen LogP contribution in [0.4, 0.5) is 0 Å². The summed E-state index contributed by atoms with van der Waals surface area (Å²) in [7, 11) is 3.51. The zero-order valence-electron chi connectivity index (χ0n) is 16.8. The summed E-state index contributed by atoms with van der Waals surface area (Å²) >= 11 is 0. The fraction of sp³-hybridized carbons (Fsp3) is 0.368. The molecule has 10 nitrogen and oxygen atoms in total. The number of fused-ring (bicyclic) bond motifs is 1. The molecule has 0 saturated carbocycles. The average Bonchev–Trinajstić information content (AvgIpc) is 3.31. The predicted octanol–water partition coefficient (Wildman–Crippen LogP) is 1.94. The standard InChI is InChI=1S/C19H22N8O2/c1-5-13-6-7-20-15(8-13)27-16(22-24-25-27)11-29-17-9-14(10-28-4)18-12(2)23-26(3)19(18)21-17/h6-9H,5,10-11H2,1-4H3. The van der Waals surface area contributed by atoms with Crippen LogP contribution in [0.2, 0.25) is 0 Å². The number of aryl methyl sites for hydroxylation is 3. The van der Waals surface area contributed by atoms with Crippen molar-refractivity contribution in [3.8, 4) is 11.7 Å². The smallest absolute Gasteiger partial charge is 0.216 e. The first-order chi connectivity index (χ1) is 14.1. The van der Waals surface area contributed by atoms with Gasteiger partial charge in [-0.05, 0) is 47.0 Å². The SMILES string of the molecule is CCc1ccnc(-n2nnnc2COc2cc(COC)c3c(C)nn(C)c3n2)c1. The molecule has 0 aromatic carbocycles. The van der Waals surface area contributed by atoms with Crippen LogP contribution in [0.3, 0.4) is 0 Å². The lowest BCUT2D eigenvalue weighted by Crippen LogP contribution is -2.09. The topological polar surface area (TPSA) is 106 Å². The van der Waals surface area contributed by atoms with Crippen LogP contribution in [0.5, 0.6) is 5.88 Å². The highest BCUT2D eigenvalue weighted by Gasteiger charge is 2.16. The Morgan fingerprint density at radius 3 is 2.83 bits per heavy atom. The summed E-state index contributed by atoms with van der Waals surface area (Å²) in [5.41, 5.74) is 3.76.